The number of pyridine rings is 1. The smallest absolute Gasteiger partial charge is 0.253 e. The summed E-state index contributed by atoms with van der Waals surface area (Å²) in [7, 11) is 0. The molecule has 1 N–H and O–H groups in total. The Kier molecular flexibility index (Phi) is 6.12. The molecule has 0 spiro atoms. The topological polar surface area (TPSA) is 62.3 Å². The second-order valence-electron chi connectivity index (χ2n) is 6.27. The van der Waals surface area contributed by atoms with Crippen molar-refractivity contribution in [2.45, 2.75) is 19.4 Å². The molecule has 0 unspecified atom stereocenters. The minimum atomic E-state index is -0.0841. The lowest BCUT2D eigenvalue weighted by Crippen LogP contribution is -2.42. The summed E-state index contributed by atoms with van der Waals surface area (Å²) in [6.07, 6.45) is 4.70. The van der Waals surface area contributed by atoms with Gasteiger partial charge >= 0.3 is 0 Å². The lowest BCUT2D eigenvalue weighted by molar-refractivity contribution is -0.126. The Hall–Kier alpha value is -2.11. The fraction of sp³-hybridized carbons (Fsp3) is 0.316. The van der Waals surface area contributed by atoms with Gasteiger partial charge in [0, 0.05) is 43.5 Å². The number of piperidine rings is 1. The molecule has 1 aliphatic heterocycles. The summed E-state index contributed by atoms with van der Waals surface area (Å²) in [5.74, 6) is -0.127. The number of nitrogens with one attached hydrogen (secondary N) is 1. The molecule has 5 nitrogen and oxygen atoms in total. The maximum Gasteiger partial charge on any atom is 0.253 e. The highest BCUT2D eigenvalue weighted by atomic mass is 35.5. The van der Waals surface area contributed by atoms with Gasteiger partial charge < -0.3 is 10.2 Å². The standard InChI is InChI=1S/C19H19Cl2N3O2/c20-16-2-1-15(11-17(16)21)19(26)24-9-5-14(6-10-24)18(25)23-12-13-3-7-22-8-4-13/h1-4,7-8,11,14H,5-6,9-10,12H2,(H,23,25). The van der Waals surface area contributed by atoms with Crippen LogP contribution in [0.25, 0.3) is 0 Å². The summed E-state index contributed by atoms with van der Waals surface area (Å²) >= 11 is 11.9. The first-order chi connectivity index (χ1) is 12.5. The predicted octanol–water partition coefficient (Wildman–Crippen LogP) is 3.56. The molecule has 0 saturated carbocycles. The zero-order chi connectivity index (χ0) is 18.5. The van der Waals surface area contributed by atoms with Gasteiger partial charge in [0.15, 0.2) is 0 Å². The van der Waals surface area contributed by atoms with Crippen LogP contribution in [0, 0.1) is 5.92 Å². The molecular weight excluding hydrogens is 373 g/mol. The van der Waals surface area contributed by atoms with Gasteiger partial charge in [0.1, 0.15) is 0 Å². The van der Waals surface area contributed by atoms with Crippen LogP contribution in [0.2, 0.25) is 10.0 Å². The second kappa shape index (κ2) is 8.52. The normalized spacial score (nSPS) is 14.9. The summed E-state index contributed by atoms with van der Waals surface area (Å²) in [6.45, 7) is 1.59. The molecule has 2 aromatic rings. The van der Waals surface area contributed by atoms with Gasteiger partial charge in [-0.15, -0.1) is 0 Å². The molecule has 2 amide bonds. The molecule has 0 bridgehead atoms. The molecule has 7 heteroatoms. The van der Waals surface area contributed by atoms with Crippen LogP contribution in [-0.2, 0) is 11.3 Å². The van der Waals surface area contributed by atoms with E-state index in [4.69, 9.17) is 23.2 Å². The molecule has 26 heavy (non-hydrogen) atoms. The van der Waals surface area contributed by atoms with Crippen molar-refractivity contribution in [1.29, 1.82) is 0 Å². The number of nitrogens with zero attached hydrogens (tertiary/aromatic N) is 2. The number of benzene rings is 1. The molecule has 136 valence electrons. The fourth-order valence-electron chi connectivity index (χ4n) is 2.99. The number of hydrogen-bond donors (Lipinski definition) is 1. The number of hydrogen-bond acceptors (Lipinski definition) is 3. The first-order valence-electron chi connectivity index (χ1n) is 8.45. The minimum Gasteiger partial charge on any atom is -0.352 e. The molecule has 1 aromatic heterocycles. The Morgan fingerprint density at radius 2 is 1.77 bits per heavy atom. The second-order valence-corrected chi connectivity index (χ2v) is 7.08. The number of aromatic nitrogens is 1. The summed E-state index contributed by atoms with van der Waals surface area (Å²) in [6, 6.07) is 8.62. The average Bonchev–Trinajstić information content (AvgIpc) is 2.68. The monoisotopic (exact) mass is 391 g/mol. The van der Waals surface area contributed by atoms with Crippen molar-refractivity contribution in [2.75, 3.05) is 13.1 Å². The minimum absolute atomic E-state index is 0.0310. The SMILES string of the molecule is O=C(NCc1ccncc1)C1CCN(C(=O)c2ccc(Cl)c(Cl)c2)CC1. The summed E-state index contributed by atoms with van der Waals surface area (Å²) in [5, 5.41) is 3.74. The lowest BCUT2D eigenvalue weighted by Gasteiger charge is -2.31. The number of amides is 2. The van der Waals surface area contributed by atoms with E-state index in [1.54, 1.807) is 35.5 Å². The van der Waals surface area contributed by atoms with Crippen LogP contribution in [0.3, 0.4) is 0 Å². The van der Waals surface area contributed by atoms with E-state index in [0.29, 0.717) is 48.1 Å². The van der Waals surface area contributed by atoms with E-state index in [1.807, 2.05) is 12.1 Å². The molecule has 0 atom stereocenters. The van der Waals surface area contributed by atoms with Crippen LogP contribution in [0.1, 0.15) is 28.8 Å². The van der Waals surface area contributed by atoms with Crippen molar-refractivity contribution < 1.29 is 9.59 Å². The Bertz CT molecular complexity index is 791. The van der Waals surface area contributed by atoms with Crippen LogP contribution in [0.15, 0.2) is 42.7 Å². The van der Waals surface area contributed by atoms with Gasteiger partial charge in [-0.25, -0.2) is 0 Å². The maximum absolute atomic E-state index is 12.6. The van der Waals surface area contributed by atoms with E-state index in [-0.39, 0.29) is 17.7 Å². The summed E-state index contributed by atoms with van der Waals surface area (Å²) < 4.78 is 0. The Balaban J connectivity index is 1.51. The van der Waals surface area contributed by atoms with E-state index in [0.717, 1.165) is 5.56 Å². The first-order valence-corrected chi connectivity index (χ1v) is 9.21. The third-order valence-corrected chi connectivity index (χ3v) is 5.27. The average molecular weight is 392 g/mol. The highest BCUT2D eigenvalue weighted by Gasteiger charge is 2.27. The van der Waals surface area contributed by atoms with Crippen molar-refractivity contribution >= 4 is 35.0 Å². The third kappa shape index (κ3) is 4.54. The molecule has 0 aliphatic carbocycles. The van der Waals surface area contributed by atoms with E-state index in [9.17, 15) is 9.59 Å². The van der Waals surface area contributed by atoms with Gasteiger partial charge in [0.25, 0.3) is 5.91 Å². The van der Waals surface area contributed by atoms with Crippen molar-refractivity contribution in [3.05, 3.63) is 63.9 Å². The molecule has 1 fully saturated rings. The van der Waals surface area contributed by atoms with E-state index in [2.05, 4.69) is 10.3 Å². The summed E-state index contributed by atoms with van der Waals surface area (Å²) in [5.41, 5.74) is 1.53. The Morgan fingerprint density at radius 3 is 2.42 bits per heavy atom. The summed E-state index contributed by atoms with van der Waals surface area (Å²) in [4.78, 5) is 30.6. The highest BCUT2D eigenvalue weighted by molar-refractivity contribution is 6.42. The zero-order valence-corrected chi connectivity index (χ0v) is 15.6. The largest absolute Gasteiger partial charge is 0.352 e. The van der Waals surface area contributed by atoms with Gasteiger partial charge in [-0.3, -0.25) is 14.6 Å². The van der Waals surface area contributed by atoms with Crippen molar-refractivity contribution in [3.8, 4) is 0 Å². The molecule has 1 aliphatic rings. The molecule has 0 radical (unpaired) electrons. The van der Waals surface area contributed by atoms with Crippen molar-refractivity contribution in [3.63, 3.8) is 0 Å². The lowest BCUT2D eigenvalue weighted by atomic mass is 9.95. The fourth-order valence-corrected chi connectivity index (χ4v) is 3.29. The Labute approximate surface area is 162 Å². The Morgan fingerprint density at radius 1 is 1.08 bits per heavy atom. The predicted molar refractivity (Wildman–Crippen MR) is 101 cm³/mol. The number of carbonyl (C=O) groups is 2. The molecule has 2 heterocycles. The third-order valence-electron chi connectivity index (χ3n) is 4.54. The molecule has 3 rings (SSSR count). The number of rotatable bonds is 4. The highest BCUT2D eigenvalue weighted by Crippen LogP contribution is 2.25. The van der Waals surface area contributed by atoms with Crippen LogP contribution >= 0.6 is 23.2 Å². The van der Waals surface area contributed by atoms with Gasteiger partial charge in [-0.05, 0) is 48.7 Å². The zero-order valence-electron chi connectivity index (χ0n) is 14.1. The van der Waals surface area contributed by atoms with Gasteiger partial charge in [0.2, 0.25) is 5.91 Å². The van der Waals surface area contributed by atoms with Gasteiger partial charge in [0.05, 0.1) is 10.0 Å². The van der Waals surface area contributed by atoms with Crippen LogP contribution in [0.4, 0.5) is 0 Å². The number of carbonyl (C=O) groups excluding carboxylic acids is 2. The quantitative estimate of drug-likeness (QED) is 0.866. The first kappa shape index (κ1) is 18.7. The number of halogens is 2. The van der Waals surface area contributed by atoms with Crippen molar-refractivity contribution in [2.24, 2.45) is 5.92 Å². The molecule has 1 aromatic carbocycles. The van der Waals surface area contributed by atoms with Crippen LogP contribution < -0.4 is 5.32 Å². The van der Waals surface area contributed by atoms with Crippen LogP contribution in [0.5, 0.6) is 0 Å². The molecular formula is C19H19Cl2N3O2. The maximum atomic E-state index is 12.6. The number of likely N-dealkylation sites (tertiary alicyclic amines) is 1. The van der Waals surface area contributed by atoms with E-state index < -0.39 is 0 Å². The van der Waals surface area contributed by atoms with Crippen LogP contribution in [-0.4, -0.2) is 34.8 Å². The van der Waals surface area contributed by atoms with E-state index in [1.165, 1.54) is 0 Å². The van der Waals surface area contributed by atoms with Gasteiger partial charge in [-0.2, -0.15) is 0 Å². The molecule has 1 saturated heterocycles. The van der Waals surface area contributed by atoms with E-state index >= 15 is 0 Å². The van der Waals surface area contributed by atoms with Gasteiger partial charge in [-0.1, -0.05) is 23.2 Å². The van der Waals surface area contributed by atoms with Crippen molar-refractivity contribution in [1.82, 2.24) is 15.2 Å².